The van der Waals surface area contributed by atoms with E-state index in [1.807, 2.05) is 0 Å². The molecule has 0 bridgehead atoms. The second kappa shape index (κ2) is 77.8. The van der Waals surface area contributed by atoms with Crippen LogP contribution in [0.4, 0.5) is 0 Å². The molecule has 1 atom stereocenters. The van der Waals surface area contributed by atoms with Crippen LogP contribution in [-0.2, 0) is 19.1 Å². The molecule has 508 valence electrons. The molecule has 0 amide bonds. The number of rotatable bonds is 71. The molecule has 0 aliphatic carbocycles. The van der Waals surface area contributed by atoms with Gasteiger partial charge in [-0.2, -0.15) is 0 Å². The maximum atomic E-state index is 12.4. The molecule has 0 heterocycles. The number of aliphatic hydroxyl groups is 1. The summed E-state index contributed by atoms with van der Waals surface area (Å²) < 4.78 is 10.8. The Labute approximate surface area is 548 Å². The molecular formula is C83H146O5. The third-order valence-electron chi connectivity index (χ3n) is 17.1. The molecule has 0 aliphatic rings. The zero-order chi connectivity index (χ0) is 63.3. The van der Waals surface area contributed by atoms with E-state index in [1.54, 1.807) is 0 Å². The Morgan fingerprint density at radius 1 is 0.261 bits per heavy atom. The first-order valence-electron chi connectivity index (χ1n) is 38.4. The number of aliphatic hydroxyl groups excluding tert-OH is 1. The minimum Gasteiger partial charge on any atom is -0.462 e. The first kappa shape index (κ1) is 84.6. The summed E-state index contributed by atoms with van der Waals surface area (Å²) in [4.78, 5) is 24.7. The maximum Gasteiger partial charge on any atom is 0.306 e. The lowest BCUT2D eigenvalue weighted by atomic mass is 10.0. The number of hydrogen-bond donors (Lipinski definition) is 1. The highest BCUT2D eigenvalue weighted by atomic mass is 16.6. The van der Waals surface area contributed by atoms with Gasteiger partial charge in [-0.25, -0.2) is 0 Å². The molecule has 0 fully saturated rings. The zero-order valence-electron chi connectivity index (χ0n) is 58.5. The fraction of sp³-hybridized carbons (Fsp3) is 0.759. The number of unbranched alkanes of at least 4 members (excludes halogenated alkanes) is 45. The van der Waals surface area contributed by atoms with Crippen LogP contribution in [-0.4, -0.2) is 36.4 Å². The molecular weight excluding hydrogens is 1080 g/mol. The van der Waals surface area contributed by atoms with E-state index in [0.29, 0.717) is 12.8 Å². The van der Waals surface area contributed by atoms with Gasteiger partial charge in [0.1, 0.15) is 6.61 Å². The van der Waals surface area contributed by atoms with E-state index in [4.69, 9.17) is 9.47 Å². The van der Waals surface area contributed by atoms with Gasteiger partial charge >= 0.3 is 11.9 Å². The molecule has 0 aliphatic heterocycles. The fourth-order valence-corrected chi connectivity index (χ4v) is 11.4. The summed E-state index contributed by atoms with van der Waals surface area (Å²) in [5.41, 5.74) is 0. The van der Waals surface area contributed by atoms with E-state index in [0.717, 1.165) is 96.3 Å². The SMILES string of the molecule is CC/C=C\C/C=C\C/C=C\C/C=C\C/C=C\CCCCCCCCCCCCCCCCCCCC(=O)OC(CO)COC(=O)CCCCCCCCCCCCCCCCCCCCCCCCCCCCCC/C=C\C/C=C\C/C=C\C/C=C\CC. The highest BCUT2D eigenvalue weighted by Gasteiger charge is 2.16. The third kappa shape index (κ3) is 75.0. The molecule has 1 N–H and O–H groups in total. The molecule has 1 unspecified atom stereocenters. The Morgan fingerprint density at radius 3 is 0.682 bits per heavy atom. The quantitative estimate of drug-likeness (QED) is 0.0373. The molecule has 88 heavy (non-hydrogen) atoms. The van der Waals surface area contributed by atoms with E-state index in [-0.39, 0.29) is 25.2 Å². The van der Waals surface area contributed by atoms with Crippen LogP contribution in [0.3, 0.4) is 0 Å². The lowest BCUT2D eigenvalue weighted by molar-refractivity contribution is -0.161. The Kier molecular flexibility index (Phi) is 74.8. The van der Waals surface area contributed by atoms with Gasteiger partial charge in [0.15, 0.2) is 6.10 Å². The molecule has 0 aromatic carbocycles. The van der Waals surface area contributed by atoms with E-state index in [2.05, 4.69) is 123 Å². The van der Waals surface area contributed by atoms with Crippen molar-refractivity contribution in [3.8, 4) is 0 Å². The Hall–Kier alpha value is -3.44. The van der Waals surface area contributed by atoms with Gasteiger partial charge in [-0.3, -0.25) is 9.59 Å². The first-order valence-corrected chi connectivity index (χ1v) is 38.4. The van der Waals surface area contributed by atoms with E-state index >= 15 is 0 Å². The number of carbonyl (C=O) groups is 2. The topological polar surface area (TPSA) is 72.8 Å². The van der Waals surface area contributed by atoms with E-state index in [9.17, 15) is 14.7 Å². The fourth-order valence-electron chi connectivity index (χ4n) is 11.4. The average Bonchev–Trinajstić information content (AvgIpc) is 3.56. The molecule has 5 heteroatoms. The Bertz CT molecular complexity index is 1670. The smallest absolute Gasteiger partial charge is 0.306 e. The predicted octanol–water partition coefficient (Wildman–Crippen LogP) is 27.1. The van der Waals surface area contributed by atoms with Crippen molar-refractivity contribution in [1.82, 2.24) is 0 Å². The van der Waals surface area contributed by atoms with Crippen LogP contribution in [0.5, 0.6) is 0 Å². The van der Waals surface area contributed by atoms with Crippen molar-refractivity contribution in [3.63, 3.8) is 0 Å². The third-order valence-corrected chi connectivity index (χ3v) is 17.1. The van der Waals surface area contributed by atoms with E-state index < -0.39 is 6.10 Å². The van der Waals surface area contributed by atoms with Crippen molar-refractivity contribution in [3.05, 3.63) is 109 Å². The number of ether oxygens (including phenoxy) is 2. The molecule has 0 rings (SSSR count). The summed E-state index contributed by atoms with van der Waals surface area (Å²) >= 11 is 0. The second-order valence-electron chi connectivity index (χ2n) is 25.7. The van der Waals surface area contributed by atoms with Crippen molar-refractivity contribution in [2.24, 2.45) is 0 Å². The minimum absolute atomic E-state index is 0.0635. The highest BCUT2D eigenvalue weighted by molar-refractivity contribution is 5.70. The van der Waals surface area contributed by atoms with Crippen molar-refractivity contribution in [2.45, 2.75) is 392 Å². The van der Waals surface area contributed by atoms with Gasteiger partial charge in [-0.15, -0.1) is 0 Å². The minimum atomic E-state index is -0.775. The van der Waals surface area contributed by atoms with Crippen molar-refractivity contribution in [1.29, 1.82) is 0 Å². The zero-order valence-corrected chi connectivity index (χ0v) is 58.5. The lowest BCUT2D eigenvalue weighted by Gasteiger charge is -2.15. The van der Waals surface area contributed by atoms with Crippen LogP contribution in [0.15, 0.2) is 109 Å². The summed E-state index contributed by atoms with van der Waals surface area (Å²) in [5.74, 6) is -0.572. The van der Waals surface area contributed by atoms with Gasteiger partial charge in [0, 0.05) is 12.8 Å². The lowest BCUT2D eigenvalue weighted by Crippen LogP contribution is -2.28. The summed E-state index contributed by atoms with van der Waals surface area (Å²) in [5, 5.41) is 9.72. The molecule has 0 aromatic heterocycles. The maximum absolute atomic E-state index is 12.4. The predicted molar refractivity (Wildman–Crippen MR) is 389 cm³/mol. The number of esters is 2. The Balaban J connectivity index is 3.39. The summed E-state index contributed by atoms with van der Waals surface area (Å²) in [6.45, 7) is 3.96. The van der Waals surface area contributed by atoms with Gasteiger partial charge < -0.3 is 14.6 Å². The summed E-state index contributed by atoms with van der Waals surface area (Å²) in [7, 11) is 0. The summed E-state index contributed by atoms with van der Waals surface area (Å²) in [6.07, 6.45) is 113. The van der Waals surface area contributed by atoms with Crippen LogP contribution < -0.4 is 0 Å². The monoisotopic (exact) mass is 1220 g/mol. The molecule has 0 aromatic rings. The molecule has 0 saturated carbocycles. The standard InChI is InChI=1S/C83H146O5/c1-3-5-7-9-11-13-15-17-19-21-23-25-27-29-31-33-35-37-38-39-40-41-42-43-44-46-47-49-51-53-55-57-59-61-63-65-67-69-71-73-75-77-82(85)87-80-81(79-84)88-83(86)78-76-74-72-70-68-66-64-62-60-58-56-54-52-50-48-45-36-34-32-30-28-26-24-22-20-18-16-14-12-10-8-6-4-2/h5-8,11-14,17-20,23-26,30,32,81,84H,3-4,9-10,15-16,21-22,27-29,31,33-80H2,1-2H3/b7-5-,8-6-,13-11-,14-12-,19-17-,20-18-,25-23-,26-24-,32-30-. The number of hydrogen-bond acceptors (Lipinski definition) is 5. The molecule has 5 nitrogen and oxygen atoms in total. The van der Waals surface area contributed by atoms with E-state index in [1.165, 1.54) is 263 Å². The normalized spacial score (nSPS) is 12.8. The van der Waals surface area contributed by atoms with Crippen LogP contribution in [0, 0.1) is 0 Å². The van der Waals surface area contributed by atoms with Crippen LogP contribution in [0.25, 0.3) is 0 Å². The number of allylic oxidation sites excluding steroid dienone is 18. The van der Waals surface area contributed by atoms with Crippen molar-refractivity contribution < 1.29 is 24.2 Å². The summed E-state index contributed by atoms with van der Waals surface area (Å²) in [6, 6.07) is 0. The van der Waals surface area contributed by atoms with Gasteiger partial charge in [-0.05, 0) is 96.3 Å². The second-order valence-corrected chi connectivity index (χ2v) is 25.7. The average molecular weight is 1220 g/mol. The molecule has 0 saturated heterocycles. The molecule has 0 spiro atoms. The van der Waals surface area contributed by atoms with Crippen molar-refractivity contribution >= 4 is 11.9 Å². The van der Waals surface area contributed by atoms with Crippen molar-refractivity contribution in [2.75, 3.05) is 13.2 Å². The largest absolute Gasteiger partial charge is 0.462 e. The van der Waals surface area contributed by atoms with Gasteiger partial charge in [0.25, 0.3) is 0 Å². The Morgan fingerprint density at radius 2 is 0.455 bits per heavy atom. The first-order chi connectivity index (χ1) is 43.6. The van der Waals surface area contributed by atoms with Crippen LogP contribution in [0.1, 0.15) is 386 Å². The van der Waals surface area contributed by atoms with Crippen LogP contribution >= 0.6 is 0 Å². The number of carbonyl (C=O) groups excluding carboxylic acids is 2. The highest BCUT2D eigenvalue weighted by Crippen LogP contribution is 2.19. The van der Waals surface area contributed by atoms with Gasteiger partial charge in [0.05, 0.1) is 6.61 Å². The van der Waals surface area contributed by atoms with Crippen LogP contribution in [0.2, 0.25) is 0 Å². The molecule has 0 radical (unpaired) electrons. The van der Waals surface area contributed by atoms with Gasteiger partial charge in [-0.1, -0.05) is 386 Å². The van der Waals surface area contributed by atoms with Gasteiger partial charge in [0.2, 0.25) is 0 Å².